The molecule has 0 saturated heterocycles. The van der Waals surface area contributed by atoms with Gasteiger partial charge >= 0.3 is 5.63 Å². The molecule has 0 radical (unpaired) electrons. The monoisotopic (exact) mass is 315 g/mol. The van der Waals surface area contributed by atoms with E-state index < -0.39 is 5.63 Å². The van der Waals surface area contributed by atoms with Crippen molar-refractivity contribution in [2.75, 3.05) is 0 Å². The molecule has 2 heterocycles. The van der Waals surface area contributed by atoms with Crippen molar-refractivity contribution in [3.05, 3.63) is 82.3 Å². The van der Waals surface area contributed by atoms with Gasteiger partial charge in [0.1, 0.15) is 11.3 Å². The fourth-order valence-corrected chi connectivity index (χ4v) is 2.67. The van der Waals surface area contributed by atoms with Gasteiger partial charge in [-0.05, 0) is 42.0 Å². The minimum atomic E-state index is -0.442. The summed E-state index contributed by atoms with van der Waals surface area (Å²) in [5.74, 6) is 0.0668. The standard InChI is InChI=1S/C20H13NO3/c22-16-8-7-14-11-15(20(23)24-19(14)12-16)6-5-13-9-10-21-18-4-2-1-3-17(13)18/h1-12,22H. The lowest BCUT2D eigenvalue weighted by atomic mass is 10.1. The number of rotatable bonds is 2. The molecule has 0 saturated carbocycles. The number of phenols is 1. The van der Waals surface area contributed by atoms with Crippen LogP contribution in [0.15, 0.2) is 70.0 Å². The van der Waals surface area contributed by atoms with E-state index in [1.807, 2.05) is 36.4 Å². The Balaban J connectivity index is 1.81. The second-order valence-corrected chi connectivity index (χ2v) is 5.46. The van der Waals surface area contributed by atoms with Crippen LogP contribution in [0.2, 0.25) is 0 Å². The highest BCUT2D eigenvalue weighted by atomic mass is 16.4. The number of benzene rings is 2. The van der Waals surface area contributed by atoms with E-state index in [0.717, 1.165) is 21.9 Å². The summed E-state index contributed by atoms with van der Waals surface area (Å²) >= 11 is 0. The van der Waals surface area contributed by atoms with Crippen molar-refractivity contribution in [2.45, 2.75) is 0 Å². The van der Waals surface area contributed by atoms with Crippen LogP contribution in [-0.2, 0) is 0 Å². The lowest BCUT2D eigenvalue weighted by Crippen LogP contribution is -2.02. The fraction of sp³-hybridized carbons (Fsp3) is 0. The first-order valence-electron chi connectivity index (χ1n) is 7.49. The molecule has 0 spiro atoms. The zero-order valence-corrected chi connectivity index (χ0v) is 12.6. The minimum Gasteiger partial charge on any atom is -0.508 e. The Morgan fingerprint density at radius 2 is 1.79 bits per heavy atom. The number of aromatic hydroxyl groups is 1. The molecule has 2 aromatic heterocycles. The smallest absolute Gasteiger partial charge is 0.343 e. The van der Waals surface area contributed by atoms with Gasteiger partial charge in [0.2, 0.25) is 0 Å². The largest absolute Gasteiger partial charge is 0.508 e. The Bertz CT molecular complexity index is 1140. The molecule has 0 amide bonds. The van der Waals surface area contributed by atoms with E-state index in [1.54, 1.807) is 30.5 Å². The predicted octanol–water partition coefficient (Wildman–Crippen LogP) is 4.22. The Hall–Kier alpha value is -3.40. The first kappa shape index (κ1) is 14.2. The van der Waals surface area contributed by atoms with E-state index in [0.29, 0.717) is 11.1 Å². The molecule has 0 atom stereocenters. The summed E-state index contributed by atoms with van der Waals surface area (Å²) in [6, 6.07) is 16.2. The van der Waals surface area contributed by atoms with Gasteiger partial charge in [-0.1, -0.05) is 24.3 Å². The third kappa shape index (κ3) is 2.54. The minimum absolute atomic E-state index is 0.0668. The maximum Gasteiger partial charge on any atom is 0.343 e. The molecule has 2 aromatic carbocycles. The van der Waals surface area contributed by atoms with Crippen molar-refractivity contribution < 1.29 is 9.52 Å². The molecule has 0 aliphatic heterocycles. The van der Waals surface area contributed by atoms with Crippen molar-refractivity contribution in [3.8, 4) is 5.75 Å². The molecule has 4 nitrogen and oxygen atoms in total. The summed E-state index contributed by atoms with van der Waals surface area (Å²) in [7, 11) is 0. The van der Waals surface area contributed by atoms with Gasteiger partial charge in [-0.25, -0.2) is 4.79 Å². The van der Waals surface area contributed by atoms with Crippen molar-refractivity contribution >= 4 is 34.0 Å². The summed E-state index contributed by atoms with van der Waals surface area (Å²) in [5.41, 5.74) is 2.26. The Kier molecular flexibility index (Phi) is 3.35. The van der Waals surface area contributed by atoms with Gasteiger partial charge in [0.25, 0.3) is 0 Å². The molecule has 0 unspecified atom stereocenters. The Morgan fingerprint density at radius 3 is 2.71 bits per heavy atom. The van der Waals surface area contributed by atoms with Gasteiger partial charge < -0.3 is 9.52 Å². The number of pyridine rings is 1. The molecule has 4 rings (SSSR count). The van der Waals surface area contributed by atoms with Crippen LogP contribution in [0.4, 0.5) is 0 Å². The second-order valence-electron chi connectivity index (χ2n) is 5.46. The van der Waals surface area contributed by atoms with Crippen LogP contribution in [-0.4, -0.2) is 10.1 Å². The van der Waals surface area contributed by atoms with E-state index in [4.69, 9.17) is 4.42 Å². The molecule has 116 valence electrons. The molecule has 1 N–H and O–H groups in total. The first-order valence-corrected chi connectivity index (χ1v) is 7.49. The van der Waals surface area contributed by atoms with Gasteiger partial charge in [0.15, 0.2) is 0 Å². The van der Waals surface area contributed by atoms with Crippen molar-refractivity contribution in [1.29, 1.82) is 0 Å². The summed E-state index contributed by atoms with van der Waals surface area (Å²) in [5, 5.41) is 11.2. The van der Waals surface area contributed by atoms with E-state index >= 15 is 0 Å². The highest BCUT2D eigenvalue weighted by Crippen LogP contribution is 2.21. The summed E-state index contributed by atoms with van der Waals surface area (Å²) in [6.45, 7) is 0. The zero-order valence-electron chi connectivity index (χ0n) is 12.6. The number of nitrogens with zero attached hydrogens (tertiary/aromatic N) is 1. The summed E-state index contributed by atoms with van der Waals surface area (Å²) in [6.07, 6.45) is 5.36. The van der Waals surface area contributed by atoms with E-state index in [-0.39, 0.29) is 5.75 Å². The molecule has 4 heteroatoms. The van der Waals surface area contributed by atoms with Crippen molar-refractivity contribution in [3.63, 3.8) is 0 Å². The summed E-state index contributed by atoms with van der Waals surface area (Å²) < 4.78 is 5.27. The highest BCUT2D eigenvalue weighted by molar-refractivity contribution is 5.91. The number of fused-ring (bicyclic) bond motifs is 2. The molecule has 0 aliphatic carbocycles. The van der Waals surface area contributed by atoms with Crippen LogP contribution in [0.1, 0.15) is 11.1 Å². The zero-order chi connectivity index (χ0) is 16.5. The van der Waals surface area contributed by atoms with Crippen molar-refractivity contribution in [2.24, 2.45) is 0 Å². The van der Waals surface area contributed by atoms with Gasteiger partial charge in [-0.3, -0.25) is 4.98 Å². The first-order chi connectivity index (χ1) is 11.7. The Morgan fingerprint density at radius 1 is 0.958 bits per heavy atom. The number of hydrogen-bond donors (Lipinski definition) is 1. The SMILES string of the molecule is O=c1oc2cc(O)ccc2cc1C=Cc1ccnc2ccccc12. The van der Waals surface area contributed by atoms with Gasteiger partial charge in [0.05, 0.1) is 11.1 Å². The lowest BCUT2D eigenvalue weighted by Gasteiger charge is -2.01. The molecular weight excluding hydrogens is 302 g/mol. The van der Waals surface area contributed by atoms with Gasteiger partial charge in [-0.15, -0.1) is 0 Å². The number of aromatic nitrogens is 1. The van der Waals surface area contributed by atoms with Crippen LogP contribution >= 0.6 is 0 Å². The Labute approximate surface area is 137 Å². The molecule has 24 heavy (non-hydrogen) atoms. The van der Waals surface area contributed by atoms with E-state index in [9.17, 15) is 9.90 Å². The number of para-hydroxylation sites is 1. The van der Waals surface area contributed by atoms with Crippen LogP contribution in [0.25, 0.3) is 34.0 Å². The number of hydrogen-bond acceptors (Lipinski definition) is 4. The van der Waals surface area contributed by atoms with Crippen LogP contribution < -0.4 is 5.63 Å². The highest BCUT2D eigenvalue weighted by Gasteiger charge is 2.04. The second kappa shape index (κ2) is 5.66. The quantitative estimate of drug-likeness (QED) is 0.563. The topological polar surface area (TPSA) is 63.3 Å². The number of phenolic OH excluding ortho intramolecular Hbond substituents is 1. The lowest BCUT2D eigenvalue weighted by molar-refractivity contribution is 0.473. The van der Waals surface area contributed by atoms with Crippen molar-refractivity contribution in [1.82, 2.24) is 4.98 Å². The molecule has 0 fully saturated rings. The van der Waals surface area contributed by atoms with E-state index in [1.165, 1.54) is 6.07 Å². The maximum atomic E-state index is 12.1. The van der Waals surface area contributed by atoms with E-state index in [2.05, 4.69) is 4.98 Å². The molecule has 0 aliphatic rings. The van der Waals surface area contributed by atoms with Gasteiger partial charge in [0, 0.05) is 23.0 Å². The average Bonchev–Trinajstić information content (AvgIpc) is 2.60. The normalized spacial score (nSPS) is 11.5. The average molecular weight is 315 g/mol. The van der Waals surface area contributed by atoms with Crippen LogP contribution in [0.3, 0.4) is 0 Å². The van der Waals surface area contributed by atoms with Crippen LogP contribution in [0, 0.1) is 0 Å². The van der Waals surface area contributed by atoms with Gasteiger partial charge in [-0.2, -0.15) is 0 Å². The third-order valence-electron chi connectivity index (χ3n) is 3.87. The predicted molar refractivity (Wildman–Crippen MR) is 94.8 cm³/mol. The third-order valence-corrected chi connectivity index (χ3v) is 3.87. The van der Waals surface area contributed by atoms with Crippen LogP contribution in [0.5, 0.6) is 5.75 Å². The summed E-state index contributed by atoms with van der Waals surface area (Å²) in [4.78, 5) is 16.4. The molecule has 4 aromatic rings. The molecule has 0 bridgehead atoms. The maximum absolute atomic E-state index is 12.1. The fourth-order valence-electron chi connectivity index (χ4n) is 2.67. The molecular formula is C20H13NO3.